The van der Waals surface area contributed by atoms with Crippen LogP contribution >= 0.6 is 15.9 Å². The SMILES string of the molecule is O=C(COc1ccc(Br)cc1F)Oc1ccc([N+](=O)[O-])cc1. The molecular formula is C14H9BrFNO5. The number of halogens is 2. The van der Waals surface area contributed by atoms with E-state index in [1.165, 1.54) is 36.4 Å². The summed E-state index contributed by atoms with van der Waals surface area (Å²) in [5.74, 6) is -1.31. The fourth-order valence-electron chi connectivity index (χ4n) is 1.53. The summed E-state index contributed by atoms with van der Waals surface area (Å²) < 4.78 is 23.9. The highest BCUT2D eigenvalue weighted by Crippen LogP contribution is 2.21. The van der Waals surface area contributed by atoms with Crippen LogP contribution in [0.25, 0.3) is 0 Å². The smallest absolute Gasteiger partial charge is 0.349 e. The first-order valence-corrected chi connectivity index (χ1v) is 6.78. The van der Waals surface area contributed by atoms with Crippen molar-refractivity contribution in [2.24, 2.45) is 0 Å². The molecule has 2 aromatic carbocycles. The van der Waals surface area contributed by atoms with E-state index in [0.29, 0.717) is 4.47 Å². The van der Waals surface area contributed by atoms with Crippen LogP contribution in [-0.2, 0) is 4.79 Å². The molecule has 0 aliphatic rings. The lowest BCUT2D eigenvalue weighted by Gasteiger charge is -2.07. The van der Waals surface area contributed by atoms with E-state index in [-0.39, 0.29) is 17.2 Å². The van der Waals surface area contributed by atoms with Crippen molar-refractivity contribution in [2.45, 2.75) is 0 Å². The van der Waals surface area contributed by atoms with Crippen LogP contribution in [0.3, 0.4) is 0 Å². The number of rotatable bonds is 5. The minimum absolute atomic E-state index is 0.0798. The second-order valence-electron chi connectivity index (χ2n) is 4.09. The Labute approximate surface area is 132 Å². The van der Waals surface area contributed by atoms with Gasteiger partial charge in [0, 0.05) is 16.6 Å². The van der Waals surface area contributed by atoms with E-state index >= 15 is 0 Å². The molecular weight excluding hydrogens is 361 g/mol. The number of benzene rings is 2. The Morgan fingerprint density at radius 3 is 2.50 bits per heavy atom. The maximum atomic E-state index is 13.5. The van der Waals surface area contributed by atoms with Crippen LogP contribution in [0, 0.1) is 15.9 Å². The van der Waals surface area contributed by atoms with Gasteiger partial charge in [0.1, 0.15) is 5.75 Å². The number of nitrogens with zero attached hydrogens (tertiary/aromatic N) is 1. The van der Waals surface area contributed by atoms with Gasteiger partial charge in [0.2, 0.25) is 0 Å². The van der Waals surface area contributed by atoms with Crippen molar-refractivity contribution < 1.29 is 23.6 Å². The summed E-state index contributed by atoms with van der Waals surface area (Å²) in [5.41, 5.74) is -0.118. The van der Waals surface area contributed by atoms with Gasteiger partial charge in [-0.3, -0.25) is 10.1 Å². The van der Waals surface area contributed by atoms with Gasteiger partial charge in [0.15, 0.2) is 18.2 Å². The number of hydrogen-bond acceptors (Lipinski definition) is 5. The number of carbonyl (C=O) groups excluding carboxylic acids is 1. The van der Waals surface area contributed by atoms with Gasteiger partial charge < -0.3 is 9.47 Å². The van der Waals surface area contributed by atoms with E-state index < -0.39 is 23.3 Å². The summed E-state index contributed by atoms with van der Waals surface area (Å²) >= 11 is 3.10. The number of ether oxygens (including phenoxy) is 2. The van der Waals surface area contributed by atoms with Gasteiger partial charge in [-0.15, -0.1) is 0 Å². The molecule has 0 amide bonds. The lowest BCUT2D eigenvalue weighted by Crippen LogP contribution is -2.18. The van der Waals surface area contributed by atoms with E-state index in [1.54, 1.807) is 6.07 Å². The number of nitro groups is 1. The summed E-state index contributed by atoms with van der Waals surface area (Å²) in [7, 11) is 0. The number of carbonyl (C=O) groups is 1. The predicted molar refractivity (Wildman–Crippen MR) is 78.3 cm³/mol. The van der Waals surface area contributed by atoms with E-state index in [1.807, 2.05) is 0 Å². The molecule has 0 radical (unpaired) electrons. The molecule has 0 spiro atoms. The molecule has 0 unspecified atom stereocenters. The molecule has 0 saturated heterocycles. The monoisotopic (exact) mass is 369 g/mol. The minimum atomic E-state index is -0.754. The molecule has 0 aliphatic heterocycles. The summed E-state index contributed by atoms with van der Waals surface area (Å²) in [6, 6.07) is 9.14. The van der Waals surface area contributed by atoms with E-state index in [2.05, 4.69) is 15.9 Å². The Balaban J connectivity index is 1.91. The van der Waals surface area contributed by atoms with Crippen molar-refractivity contribution in [3.63, 3.8) is 0 Å². The average molecular weight is 370 g/mol. The Bertz CT molecular complexity index is 705. The maximum Gasteiger partial charge on any atom is 0.349 e. The minimum Gasteiger partial charge on any atom is -0.479 e. The fraction of sp³-hybridized carbons (Fsp3) is 0.0714. The van der Waals surface area contributed by atoms with E-state index in [0.717, 1.165) is 0 Å². The van der Waals surface area contributed by atoms with Crippen molar-refractivity contribution in [1.29, 1.82) is 0 Å². The van der Waals surface area contributed by atoms with Gasteiger partial charge in [-0.1, -0.05) is 15.9 Å². The zero-order valence-electron chi connectivity index (χ0n) is 11.0. The molecule has 0 atom stereocenters. The third-order valence-corrected chi connectivity index (χ3v) is 3.01. The Hall–Kier alpha value is -2.48. The van der Waals surface area contributed by atoms with Crippen LogP contribution in [0.5, 0.6) is 11.5 Å². The highest BCUT2D eigenvalue weighted by molar-refractivity contribution is 9.10. The van der Waals surface area contributed by atoms with Crippen molar-refractivity contribution in [1.82, 2.24) is 0 Å². The summed E-state index contributed by atoms with van der Waals surface area (Å²) in [6.45, 7) is -0.491. The highest BCUT2D eigenvalue weighted by atomic mass is 79.9. The van der Waals surface area contributed by atoms with Crippen molar-refractivity contribution in [2.75, 3.05) is 6.61 Å². The van der Waals surface area contributed by atoms with Gasteiger partial charge in [-0.2, -0.15) is 0 Å². The normalized spacial score (nSPS) is 10.1. The quantitative estimate of drug-likeness (QED) is 0.349. The largest absolute Gasteiger partial charge is 0.479 e. The van der Waals surface area contributed by atoms with Gasteiger partial charge >= 0.3 is 5.97 Å². The van der Waals surface area contributed by atoms with Crippen molar-refractivity contribution in [3.05, 3.63) is 62.9 Å². The van der Waals surface area contributed by atoms with Crippen LogP contribution in [0.2, 0.25) is 0 Å². The van der Waals surface area contributed by atoms with Crippen LogP contribution in [-0.4, -0.2) is 17.5 Å². The van der Waals surface area contributed by atoms with E-state index in [9.17, 15) is 19.3 Å². The molecule has 0 aliphatic carbocycles. The van der Waals surface area contributed by atoms with Gasteiger partial charge in [0.05, 0.1) is 4.92 Å². The zero-order valence-corrected chi connectivity index (χ0v) is 12.6. The molecule has 8 heteroatoms. The number of esters is 1. The third-order valence-electron chi connectivity index (χ3n) is 2.52. The molecule has 0 heterocycles. The Kier molecular flexibility index (Phi) is 5.05. The molecule has 2 rings (SSSR count). The predicted octanol–water partition coefficient (Wildman–Crippen LogP) is 3.48. The van der Waals surface area contributed by atoms with Crippen LogP contribution in [0.1, 0.15) is 0 Å². The molecule has 0 saturated carbocycles. The molecule has 114 valence electrons. The van der Waals surface area contributed by atoms with Gasteiger partial charge in [-0.25, -0.2) is 9.18 Å². The molecule has 0 N–H and O–H groups in total. The lowest BCUT2D eigenvalue weighted by atomic mass is 10.3. The first-order valence-electron chi connectivity index (χ1n) is 5.98. The second-order valence-corrected chi connectivity index (χ2v) is 5.00. The summed E-state index contributed by atoms with van der Waals surface area (Å²) in [4.78, 5) is 21.5. The molecule has 0 fully saturated rings. The van der Waals surface area contributed by atoms with Crippen molar-refractivity contribution >= 4 is 27.6 Å². The molecule has 2 aromatic rings. The second kappa shape index (κ2) is 6.99. The Morgan fingerprint density at radius 1 is 1.23 bits per heavy atom. The van der Waals surface area contributed by atoms with Crippen LogP contribution in [0.15, 0.2) is 46.9 Å². The van der Waals surface area contributed by atoms with Crippen LogP contribution in [0.4, 0.5) is 10.1 Å². The van der Waals surface area contributed by atoms with Gasteiger partial charge in [-0.05, 0) is 30.3 Å². The molecule has 6 nitrogen and oxygen atoms in total. The Morgan fingerprint density at radius 2 is 1.91 bits per heavy atom. The van der Waals surface area contributed by atoms with E-state index in [4.69, 9.17) is 9.47 Å². The van der Waals surface area contributed by atoms with Gasteiger partial charge in [0.25, 0.3) is 5.69 Å². The third kappa shape index (κ3) is 4.26. The lowest BCUT2D eigenvalue weighted by molar-refractivity contribution is -0.384. The molecule has 0 bridgehead atoms. The molecule has 0 aromatic heterocycles. The fourth-order valence-corrected chi connectivity index (χ4v) is 1.86. The average Bonchev–Trinajstić information content (AvgIpc) is 2.47. The number of nitro benzene ring substituents is 1. The first-order chi connectivity index (χ1) is 10.5. The van der Waals surface area contributed by atoms with Crippen LogP contribution < -0.4 is 9.47 Å². The van der Waals surface area contributed by atoms with Crippen molar-refractivity contribution in [3.8, 4) is 11.5 Å². The highest BCUT2D eigenvalue weighted by Gasteiger charge is 2.11. The summed E-state index contributed by atoms with van der Waals surface area (Å²) in [5, 5.41) is 10.5. The molecule has 22 heavy (non-hydrogen) atoms. The standard InChI is InChI=1S/C14H9BrFNO5/c15-9-1-6-13(12(16)7-9)21-8-14(18)22-11-4-2-10(3-5-11)17(19)20/h1-7H,8H2. The number of non-ortho nitro benzene ring substituents is 1. The topological polar surface area (TPSA) is 78.7 Å². The zero-order chi connectivity index (χ0) is 16.1. The maximum absolute atomic E-state index is 13.5. The summed E-state index contributed by atoms with van der Waals surface area (Å²) in [6.07, 6.45) is 0. The first kappa shape index (κ1) is 15.9. The number of hydrogen-bond donors (Lipinski definition) is 0.